The molecule has 7 nitrogen and oxygen atoms in total. The van der Waals surface area contributed by atoms with Gasteiger partial charge in [-0.05, 0) is 29.1 Å². The molecule has 0 spiro atoms. The predicted molar refractivity (Wildman–Crippen MR) is 59.5 cm³/mol. The number of hydrogen-bond acceptors (Lipinski definition) is 5. The number of aromatic carboxylic acids is 2. The molecule has 1 saturated heterocycles. The molecule has 0 atom stereocenters. The first-order valence-corrected chi connectivity index (χ1v) is 5.92. The molecule has 1 heterocycles. The van der Waals surface area contributed by atoms with Gasteiger partial charge in [-0.3, -0.25) is 0 Å². The van der Waals surface area contributed by atoms with Crippen molar-refractivity contribution in [2.24, 2.45) is 0 Å². The zero-order chi connectivity index (χ0) is 13.4. The number of carbonyl (C=O) groups is 4. The maximum Gasteiger partial charge on any atom is 0.369 e. The smallest absolute Gasteiger partial charge is 0.369 e. The summed E-state index contributed by atoms with van der Waals surface area (Å²) in [5, 5.41) is 16.3. The Hall–Kier alpha value is -2.35. The zero-order valence-corrected chi connectivity index (χ0v) is 9.51. The number of ether oxygens (including phenoxy) is 1. The van der Waals surface area contributed by atoms with E-state index in [9.17, 15) is 19.2 Å². The van der Waals surface area contributed by atoms with Crippen molar-refractivity contribution in [3.05, 3.63) is 29.3 Å². The Kier molecular flexibility index (Phi) is 2.79. The van der Waals surface area contributed by atoms with E-state index in [2.05, 4.69) is 4.74 Å². The minimum Gasteiger partial charge on any atom is -0.478 e. The maximum atomic E-state index is 11.1. The Morgan fingerprint density at radius 3 is 2.00 bits per heavy atom. The second-order valence-corrected chi connectivity index (χ2v) is 5.23. The summed E-state index contributed by atoms with van der Waals surface area (Å²) in [4.78, 5) is 44.0. The highest BCUT2D eigenvalue weighted by atomic mass is 32.2. The fraction of sp³-hybridized carbons (Fsp3) is 0. The van der Waals surface area contributed by atoms with Gasteiger partial charge >= 0.3 is 22.5 Å². The van der Waals surface area contributed by atoms with Crippen LogP contribution in [0.5, 0.6) is 0 Å². The Balaban J connectivity index is 2.50. The first-order chi connectivity index (χ1) is 8.41. The van der Waals surface area contributed by atoms with Gasteiger partial charge in [0.1, 0.15) is 0 Å². The van der Waals surface area contributed by atoms with Crippen LogP contribution in [0.3, 0.4) is 0 Å². The quantitative estimate of drug-likeness (QED) is 0.434. The van der Waals surface area contributed by atoms with Crippen molar-refractivity contribution >= 4 is 33.4 Å². The molecule has 2 N–H and O–H groups in total. The van der Waals surface area contributed by atoms with Gasteiger partial charge in [0.05, 0.1) is 11.1 Å². The Morgan fingerprint density at radius 1 is 1.00 bits per heavy atom. The van der Waals surface area contributed by atoms with E-state index in [-0.39, 0.29) is 4.90 Å². The van der Waals surface area contributed by atoms with E-state index in [1.807, 2.05) is 0 Å². The van der Waals surface area contributed by atoms with Gasteiger partial charge in [0.15, 0.2) is 0 Å². The lowest BCUT2D eigenvalue weighted by Crippen LogP contribution is -2.25. The van der Waals surface area contributed by atoms with Crippen molar-refractivity contribution in [3.8, 4) is 0 Å². The Morgan fingerprint density at radius 2 is 1.56 bits per heavy atom. The fourth-order valence-electron chi connectivity index (χ4n) is 1.45. The van der Waals surface area contributed by atoms with Crippen LogP contribution in [0.15, 0.2) is 23.1 Å². The van der Waals surface area contributed by atoms with E-state index in [0.717, 1.165) is 12.1 Å². The van der Waals surface area contributed by atoms with Gasteiger partial charge in [-0.2, -0.15) is 0 Å². The normalized spacial score (nSPS) is 15.9. The average molecular weight is 270 g/mol. The van der Waals surface area contributed by atoms with Crippen LogP contribution in [0, 0.1) is 0 Å². The van der Waals surface area contributed by atoms with Gasteiger partial charge in [0.2, 0.25) is 0 Å². The number of carboxylic acids is 2. The van der Waals surface area contributed by atoms with Crippen LogP contribution in [0.1, 0.15) is 20.7 Å². The van der Waals surface area contributed by atoms with E-state index < -0.39 is 44.6 Å². The maximum absolute atomic E-state index is 11.1. The summed E-state index contributed by atoms with van der Waals surface area (Å²) in [7, 11) is -1.84. The molecule has 0 radical (unpaired) electrons. The first-order valence-electron chi connectivity index (χ1n) is 4.58. The molecule has 0 amide bonds. The van der Waals surface area contributed by atoms with Crippen LogP contribution in [0.25, 0.3) is 0 Å². The van der Waals surface area contributed by atoms with Crippen LogP contribution >= 0.6 is 10.9 Å². The second-order valence-electron chi connectivity index (χ2n) is 3.31. The highest BCUT2D eigenvalue weighted by molar-refractivity contribution is 8.42. The SMILES string of the molecule is O=C(O)c1ccc([SH]2C(=O)OC2=O)cc1C(=O)O. The third kappa shape index (κ3) is 1.82. The molecule has 0 saturated carbocycles. The topological polar surface area (TPSA) is 118 Å². The number of carboxylic acid groups (broad SMARTS) is 2. The molecule has 18 heavy (non-hydrogen) atoms. The van der Waals surface area contributed by atoms with E-state index in [0.29, 0.717) is 0 Å². The standard InChI is InChI=1S/C10H6O7S/c11-7(12)5-2-1-4(3-6(5)8(13)14)18-9(15)17-10(18)16/h1-3,18H,(H,11,12)(H,13,14). The van der Waals surface area contributed by atoms with Gasteiger partial charge < -0.3 is 14.9 Å². The summed E-state index contributed by atoms with van der Waals surface area (Å²) < 4.78 is 4.17. The van der Waals surface area contributed by atoms with Crippen LogP contribution in [0.2, 0.25) is 0 Å². The summed E-state index contributed by atoms with van der Waals surface area (Å²) in [6, 6.07) is 3.33. The predicted octanol–water partition coefficient (Wildman–Crippen LogP) is 1.71. The molecule has 2 rings (SSSR count). The molecule has 1 fully saturated rings. The van der Waals surface area contributed by atoms with Gasteiger partial charge in [-0.25, -0.2) is 19.2 Å². The molecule has 0 unspecified atom stereocenters. The first kappa shape index (κ1) is 12.1. The molecule has 94 valence electrons. The summed E-state index contributed by atoms with van der Waals surface area (Å²) in [6.07, 6.45) is 0. The summed E-state index contributed by atoms with van der Waals surface area (Å²) in [6.45, 7) is 0. The lowest BCUT2D eigenvalue weighted by Gasteiger charge is -2.25. The molecule has 0 aromatic heterocycles. The lowest BCUT2D eigenvalue weighted by atomic mass is 10.1. The van der Waals surface area contributed by atoms with E-state index in [4.69, 9.17) is 10.2 Å². The average Bonchev–Trinajstić information content (AvgIpc) is 2.28. The lowest BCUT2D eigenvalue weighted by molar-refractivity contribution is 0.0651. The summed E-state index contributed by atoms with van der Waals surface area (Å²) in [5.74, 6) is -2.83. The number of benzene rings is 1. The van der Waals surface area contributed by atoms with Gasteiger partial charge in [-0.1, -0.05) is 0 Å². The number of hydrogen-bond donors (Lipinski definition) is 3. The molecule has 0 aliphatic carbocycles. The minimum atomic E-state index is -1.84. The summed E-state index contributed by atoms with van der Waals surface area (Å²) >= 11 is 0. The second kappa shape index (κ2) is 4.15. The fourth-order valence-corrected chi connectivity index (χ4v) is 2.72. The molecule has 0 bridgehead atoms. The minimum absolute atomic E-state index is 0.175. The third-order valence-corrected chi connectivity index (χ3v) is 3.97. The van der Waals surface area contributed by atoms with Crippen LogP contribution in [-0.4, -0.2) is 32.8 Å². The highest BCUT2D eigenvalue weighted by Crippen LogP contribution is 2.47. The van der Waals surface area contributed by atoms with Gasteiger partial charge in [0.25, 0.3) is 0 Å². The number of thiol groups is 1. The van der Waals surface area contributed by atoms with Crippen molar-refractivity contribution in [2.45, 2.75) is 4.90 Å². The van der Waals surface area contributed by atoms with E-state index >= 15 is 0 Å². The Labute approximate surface area is 102 Å². The molecule has 1 aliphatic heterocycles. The van der Waals surface area contributed by atoms with Gasteiger partial charge in [-0.15, -0.1) is 0 Å². The molecular weight excluding hydrogens is 264 g/mol. The number of rotatable bonds is 3. The number of cyclic esters (lactones) is 2. The van der Waals surface area contributed by atoms with Crippen molar-refractivity contribution in [1.82, 2.24) is 0 Å². The van der Waals surface area contributed by atoms with Crippen LogP contribution in [-0.2, 0) is 4.74 Å². The highest BCUT2D eigenvalue weighted by Gasteiger charge is 2.39. The zero-order valence-electron chi connectivity index (χ0n) is 8.61. The van der Waals surface area contributed by atoms with Crippen LogP contribution < -0.4 is 0 Å². The van der Waals surface area contributed by atoms with Crippen molar-refractivity contribution < 1.29 is 34.1 Å². The Bertz CT molecular complexity index is 578. The molecule has 1 aromatic rings. The van der Waals surface area contributed by atoms with Crippen molar-refractivity contribution in [1.29, 1.82) is 0 Å². The molecular formula is C10H6O7S. The van der Waals surface area contributed by atoms with Crippen molar-refractivity contribution in [2.75, 3.05) is 0 Å². The third-order valence-electron chi connectivity index (χ3n) is 2.26. The largest absolute Gasteiger partial charge is 0.478 e. The monoisotopic (exact) mass is 270 g/mol. The molecule has 8 heteroatoms. The van der Waals surface area contributed by atoms with Gasteiger partial charge in [0, 0.05) is 4.90 Å². The summed E-state index contributed by atoms with van der Waals surface area (Å²) in [5.41, 5.74) is -0.863. The van der Waals surface area contributed by atoms with Crippen LogP contribution in [0.4, 0.5) is 9.59 Å². The molecule has 1 aliphatic rings. The number of carbonyl (C=O) groups excluding carboxylic acids is 2. The van der Waals surface area contributed by atoms with E-state index in [1.54, 1.807) is 0 Å². The van der Waals surface area contributed by atoms with Crippen molar-refractivity contribution in [3.63, 3.8) is 0 Å². The molecule has 1 aromatic carbocycles. The van der Waals surface area contributed by atoms with E-state index in [1.165, 1.54) is 6.07 Å².